The Balaban J connectivity index is 2.04. The Morgan fingerprint density at radius 3 is 2.70 bits per heavy atom. The molecule has 3 aromatic rings. The molecule has 0 amide bonds. The second-order valence-electron chi connectivity index (χ2n) is 4.00. The van der Waals surface area contributed by atoms with E-state index in [1.807, 2.05) is 0 Å². The minimum Gasteiger partial charge on any atom is -0.399 e. The average Bonchev–Trinajstić information content (AvgIpc) is 2.88. The summed E-state index contributed by atoms with van der Waals surface area (Å²) in [5.74, 6) is 0.588. The largest absolute Gasteiger partial charge is 0.399 e. The van der Waals surface area contributed by atoms with Gasteiger partial charge in [-0.05, 0) is 30.3 Å². The van der Waals surface area contributed by atoms with E-state index in [-0.39, 0.29) is 5.89 Å². The number of anilines is 1. The second kappa shape index (κ2) is 5.11. The van der Waals surface area contributed by atoms with Crippen LogP contribution in [0, 0.1) is 0 Å². The Morgan fingerprint density at radius 1 is 1.10 bits per heavy atom. The molecule has 0 spiro atoms. The molecule has 7 heteroatoms. The lowest BCUT2D eigenvalue weighted by Crippen LogP contribution is -1.88. The van der Waals surface area contributed by atoms with E-state index in [4.69, 9.17) is 33.5 Å². The molecule has 0 aliphatic carbocycles. The summed E-state index contributed by atoms with van der Waals surface area (Å²) in [6.45, 7) is 0. The molecule has 0 saturated heterocycles. The first kappa shape index (κ1) is 12.9. The highest BCUT2D eigenvalue weighted by Gasteiger charge is 2.16. The van der Waals surface area contributed by atoms with E-state index < -0.39 is 0 Å². The van der Waals surface area contributed by atoms with Crippen molar-refractivity contribution in [3.63, 3.8) is 0 Å². The van der Waals surface area contributed by atoms with Gasteiger partial charge in [-0.15, -0.1) is 0 Å². The Labute approximate surface area is 124 Å². The molecule has 2 aromatic heterocycles. The number of hydrogen-bond acceptors (Lipinski definition) is 5. The molecule has 3 rings (SSSR count). The summed E-state index contributed by atoms with van der Waals surface area (Å²) < 4.78 is 5.20. The smallest absolute Gasteiger partial charge is 0.259 e. The molecule has 1 aromatic carbocycles. The molecule has 5 nitrogen and oxygen atoms in total. The van der Waals surface area contributed by atoms with Crippen LogP contribution in [0.5, 0.6) is 0 Å². The van der Waals surface area contributed by atoms with Crippen LogP contribution in [-0.4, -0.2) is 15.1 Å². The van der Waals surface area contributed by atoms with Crippen molar-refractivity contribution in [2.75, 3.05) is 5.73 Å². The highest BCUT2D eigenvalue weighted by molar-refractivity contribution is 6.33. The van der Waals surface area contributed by atoms with Crippen molar-refractivity contribution in [1.29, 1.82) is 0 Å². The topological polar surface area (TPSA) is 77.8 Å². The molecule has 20 heavy (non-hydrogen) atoms. The van der Waals surface area contributed by atoms with Gasteiger partial charge in [0.2, 0.25) is 5.82 Å². The molecule has 0 saturated carbocycles. The van der Waals surface area contributed by atoms with Gasteiger partial charge in [-0.3, -0.25) is 4.98 Å². The molecule has 2 N–H and O–H groups in total. The van der Waals surface area contributed by atoms with E-state index >= 15 is 0 Å². The maximum absolute atomic E-state index is 6.10. The van der Waals surface area contributed by atoms with Crippen LogP contribution in [0.15, 0.2) is 41.1 Å². The molecule has 100 valence electrons. The van der Waals surface area contributed by atoms with Crippen molar-refractivity contribution >= 4 is 28.9 Å². The summed E-state index contributed by atoms with van der Waals surface area (Å²) in [5.41, 5.74) is 7.26. The number of hydrogen-bond donors (Lipinski definition) is 1. The highest BCUT2D eigenvalue weighted by atomic mass is 35.5. The van der Waals surface area contributed by atoms with Crippen molar-refractivity contribution < 1.29 is 4.52 Å². The summed E-state index contributed by atoms with van der Waals surface area (Å²) in [6.07, 6.45) is 1.60. The zero-order chi connectivity index (χ0) is 14.1. The second-order valence-corrected chi connectivity index (χ2v) is 4.81. The lowest BCUT2D eigenvalue weighted by molar-refractivity contribution is 0.432. The summed E-state index contributed by atoms with van der Waals surface area (Å²) in [4.78, 5) is 8.37. The molecule has 0 bridgehead atoms. The maximum atomic E-state index is 6.10. The molecule has 0 atom stereocenters. The van der Waals surface area contributed by atoms with Crippen molar-refractivity contribution in [3.8, 4) is 23.0 Å². The van der Waals surface area contributed by atoms with Crippen molar-refractivity contribution in [1.82, 2.24) is 15.1 Å². The molecule has 0 unspecified atom stereocenters. The highest BCUT2D eigenvalue weighted by Crippen LogP contribution is 2.30. The van der Waals surface area contributed by atoms with E-state index in [1.165, 1.54) is 0 Å². The molecular weight excluding hydrogens is 299 g/mol. The van der Waals surface area contributed by atoms with Crippen molar-refractivity contribution in [2.24, 2.45) is 0 Å². The Hall–Kier alpha value is -2.11. The van der Waals surface area contributed by atoms with Gasteiger partial charge in [-0.1, -0.05) is 28.4 Å². The molecule has 2 heterocycles. The van der Waals surface area contributed by atoms with Gasteiger partial charge in [-0.25, -0.2) is 0 Å². The van der Waals surface area contributed by atoms with Crippen LogP contribution in [-0.2, 0) is 0 Å². The van der Waals surface area contributed by atoms with E-state index in [0.717, 1.165) is 0 Å². The van der Waals surface area contributed by atoms with Crippen LogP contribution in [0.4, 0.5) is 5.69 Å². The number of benzene rings is 1. The lowest BCUT2D eigenvalue weighted by atomic mass is 10.2. The van der Waals surface area contributed by atoms with Crippen LogP contribution in [0.3, 0.4) is 0 Å². The normalized spacial score (nSPS) is 10.7. The number of aromatic nitrogens is 3. The zero-order valence-electron chi connectivity index (χ0n) is 10.0. The van der Waals surface area contributed by atoms with Gasteiger partial charge in [0.05, 0.1) is 15.6 Å². The first-order valence-electron chi connectivity index (χ1n) is 5.65. The fourth-order valence-electron chi connectivity index (χ4n) is 1.68. The van der Waals surface area contributed by atoms with Gasteiger partial charge in [0.1, 0.15) is 5.69 Å². The average molecular weight is 307 g/mol. The van der Waals surface area contributed by atoms with Gasteiger partial charge in [0.15, 0.2) is 0 Å². The number of nitrogens with two attached hydrogens (primary N) is 1. The van der Waals surface area contributed by atoms with Crippen LogP contribution in [0.1, 0.15) is 0 Å². The summed E-state index contributed by atoms with van der Waals surface area (Å²) in [5, 5.41) is 4.75. The molecule has 0 aliphatic rings. The predicted octanol–water partition coefficient (Wildman–Crippen LogP) is 3.69. The lowest BCUT2D eigenvalue weighted by Gasteiger charge is -1.99. The number of halogens is 2. The summed E-state index contributed by atoms with van der Waals surface area (Å²) in [7, 11) is 0. The van der Waals surface area contributed by atoms with Crippen LogP contribution < -0.4 is 5.73 Å². The molecule has 0 aliphatic heterocycles. The van der Waals surface area contributed by atoms with Gasteiger partial charge in [-0.2, -0.15) is 4.98 Å². The van der Waals surface area contributed by atoms with Gasteiger partial charge in [0.25, 0.3) is 5.89 Å². The van der Waals surface area contributed by atoms with E-state index in [9.17, 15) is 0 Å². The standard InChI is InChI=1S/C13H8Cl2N4O/c14-9-2-1-5-17-11(9)12-18-13(20-19-12)8-4-3-7(16)6-10(8)15/h1-6H,16H2. The summed E-state index contributed by atoms with van der Waals surface area (Å²) >= 11 is 12.1. The van der Waals surface area contributed by atoms with Gasteiger partial charge >= 0.3 is 0 Å². The first-order valence-corrected chi connectivity index (χ1v) is 6.41. The van der Waals surface area contributed by atoms with E-state index in [0.29, 0.717) is 32.8 Å². The monoisotopic (exact) mass is 306 g/mol. The van der Waals surface area contributed by atoms with Gasteiger partial charge < -0.3 is 10.3 Å². The minimum absolute atomic E-state index is 0.284. The van der Waals surface area contributed by atoms with Crippen molar-refractivity contribution in [3.05, 3.63) is 46.6 Å². The molecular formula is C13H8Cl2N4O. The van der Waals surface area contributed by atoms with Crippen LogP contribution in [0.2, 0.25) is 10.0 Å². The van der Waals surface area contributed by atoms with Crippen LogP contribution in [0.25, 0.3) is 23.0 Å². The summed E-state index contributed by atoms with van der Waals surface area (Å²) in [6, 6.07) is 8.47. The number of nitrogens with zero attached hydrogens (tertiary/aromatic N) is 3. The third kappa shape index (κ3) is 2.33. The van der Waals surface area contributed by atoms with Crippen molar-refractivity contribution in [2.45, 2.75) is 0 Å². The SMILES string of the molecule is Nc1ccc(-c2nc(-c3ncccc3Cl)no2)c(Cl)c1. The third-order valence-electron chi connectivity index (χ3n) is 2.62. The third-order valence-corrected chi connectivity index (χ3v) is 3.24. The predicted molar refractivity (Wildman–Crippen MR) is 77.4 cm³/mol. The van der Waals surface area contributed by atoms with E-state index in [2.05, 4.69) is 15.1 Å². The Morgan fingerprint density at radius 2 is 1.95 bits per heavy atom. The van der Waals surface area contributed by atoms with E-state index in [1.54, 1.807) is 36.5 Å². The maximum Gasteiger partial charge on any atom is 0.259 e. The zero-order valence-corrected chi connectivity index (χ0v) is 11.6. The molecule has 0 fully saturated rings. The number of pyridine rings is 1. The molecule has 0 radical (unpaired) electrons. The minimum atomic E-state index is 0.284. The number of nitrogen functional groups attached to an aromatic ring is 1. The first-order chi connectivity index (χ1) is 9.65. The quantitative estimate of drug-likeness (QED) is 0.731. The van der Waals surface area contributed by atoms with Gasteiger partial charge in [0, 0.05) is 11.9 Å². The Kier molecular flexibility index (Phi) is 3.30. The van der Waals surface area contributed by atoms with Crippen LogP contribution >= 0.6 is 23.2 Å². The fourth-order valence-corrected chi connectivity index (χ4v) is 2.16. The fraction of sp³-hybridized carbons (Fsp3) is 0. The number of rotatable bonds is 2. The Bertz CT molecular complexity index is 773.